The molecule has 2 heteroatoms. The van der Waals surface area contributed by atoms with Crippen LogP contribution in [0.5, 0.6) is 0 Å². The third-order valence-corrected chi connectivity index (χ3v) is 4.30. The van der Waals surface area contributed by atoms with Gasteiger partial charge in [-0.15, -0.1) is 0 Å². The van der Waals surface area contributed by atoms with Gasteiger partial charge in [0.05, 0.1) is 0 Å². The van der Waals surface area contributed by atoms with E-state index in [0.29, 0.717) is 0 Å². The fraction of sp³-hybridized carbons (Fsp3) is 0.909. The highest BCUT2D eigenvalue weighted by Gasteiger charge is 2.42. The first kappa shape index (κ1) is 9.51. The van der Waals surface area contributed by atoms with E-state index < -0.39 is 0 Å². The maximum absolute atomic E-state index is 11.3. The van der Waals surface area contributed by atoms with E-state index >= 15 is 0 Å². The highest BCUT2D eigenvalue weighted by Crippen LogP contribution is 2.49. The number of carbonyl (C=O) groups is 1. The Kier molecular flexibility index (Phi) is 2.39. The summed E-state index contributed by atoms with van der Waals surface area (Å²) in [6.07, 6.45) is 7.41. The molecular formula is C11H17ClO. The lowest BCUT2D eigenvalue weighted by Gasteiger charge is -2.43. The summed E-state index contributed by atoms with van der Waals surface area (Å²) in [5.41, 5.74) is -0.199. The van der Waals surface area contributed by atoms with E-state index in [1.807, 2.05) is 6.92 Å². The zero-order valence-corrected chi connectivity index (χ0v) is 8.94. The van der Waals surface area contributed by atoms with Crippen molar-refractivity contribution in [3.8, 4) is 0 Å². The average molecular weight is 201 g/mol. The van der Waals surface area contributed by atoms with Crippen LogP contribution in [-0.2, 0) is 4.79 Å². The number of halogens is 1. The molecule has 1 nitrogen and oxygen atoms in total. The molecule has 0 aliphatic heterocycles. The SMILES string of the molecule is CC1(C(=O)Cl)CC2CCCC(C2)C1. The fourth-order valence-corrected chi connectivity index (χ4v) is 3.45. The number of carbonyl (C=O) groups excluding carboxylic acids is 1. The highest BCUT2D eigenvalue weighted by atomic mass is 35.5. The summed E-state index contributed by atoms with van der Waals surface area (Å²) in [7, 11) is 0. The molecule has 2 rings (SSSR count). The van der Waals surface area contributed by atoms with Crippen LogP contribution >= 0.6 is 11.6 Å². The molecule has 0 saturated heterocycles. The molecule has 2 aliphatic carbocycles. The van der Waals surface area contributed by atoms with E-state index in [4.69, 9.17) is 11.6 Å². The van der Waals surface area contributed by atoms with Crippen LogP contribution in [0.3, 0.4) is 0 Å². The van der Waals surface area contributed by atoms with Gasteiger partial charge in [-0.1, -0.05) is 26.2 Å². The van der Waals surface area contributed by atoms with Crippen molar-refractivity contribution in [1.82, 2.24) is 0 Å². The molecular weight excluding hydrogens is 184 g/mol. The van der Waals surface area contributed by atoms with Crippen molar-refractivity contribution in [2.75, 3.05) is 0 Å². The van der Waals surface area contributed by atoms with Crippen molar-refractivity contribution in [3.05, 3.63) is 0 Å². The van der Waals surface area contributed by atoms with Gasteiger partial charge < -0.3 is 0 Å². The molecule has 0 amide bonds. The van der Waals surface area contributed by atoms with Crippen LogP contribution in [0, 0.1) is 17.3 Å². The predicted octanol–water partition coefficient (Wildman–Crippen LogP) is 3.36. The Balaban J connectivity index is 2.13. The number of rotatable bonds is 1. The summed E-state index contributed by atoms with van der Waals surface area (Å²) in [5, 5.41) is -0.107. The van der Waals surface area contributed by atoms with Crippen LogP contribution in [0.15, 0.2) is 0 Å². The summed E-state index contributed by atoms with van der Waals surface area (Å²) in [4.78, 5) is 11.3. The van der Waals surface area contributed by atoms with Crippen molar-refractivity contribution in [2.24, 2.45) is 17.3 Å². The second-order valence-electron chi connectivity index (χ2n) is 5.14. The second-order valence-corrected chi connectivity index (χ2v) is 5.48. The van der Waals surface area contributed by atoms with Gasteiger partial charge in [-0.2, -0.15) is 0 Å². The predicted molar refractivity (Wildman–Crippen MR) is 53.6 cm³/mol. The topological polar surface area (TPSA) is 17.1 Å². The van der Waals surface area contributed by atoms with Gasteiger partial charge >= 0.3 is 0 Å². The van der Waals surface area contributed by atoms with Crippen molar-refractivity contribution in [1.29, 1.82) is 0 Å². The van der Waals surface area contributed by atoms with Gasteiger partial charge in [0.25, 0.3) is 0 Å². The number of hydrogen-bond acceptors (Lipinski definition) is 1. The Morgan fingerprint density at radius 1 is 1.31 bits per heavy atom. The maximum Gasteiger partial charge on any atom is 0.227 e. The molecule has 74 valence electrons. The Hall–Kier alpha value is -0.0400. The minimum absolute atomic E-state index is 0.107. The standard InChI is InChI=1S/C11H17ClO/c1-11(10(12)13)6-8-3-2-4-9(5-8)7-11/h8-9H,2-7H2,1H3. The Labute approximate surface area is 84.8 Å². The second kappa shape index (κ2) is 3.27. The van der Waals surface area contributed by atoms with Gasteiger partial charge in [-0.05, 0) is 42.7 Å². The number of hydrogen-bond donors (Lipinski definition) is 0. The fourth-order valence-electron chi connectivity index (χ4n) is 3.29. The molecule has 0 heterocycles. The molecule has 13 heavy (non-hydrogen) atoms. The zero-order chi connectivity index (χ0) is 9.47. The lowest BCUT2D eigenvalue weighted by molar-refractivity contribution is -0.124. The van der Waals surface area contributed by atoms with Crippen molar-refractivity contribution >= 4 is 16.8 Å². The first-order chi connectivity index (χ1) is 6.10. The van der Waals surface area contributed by atoms with Crippen molar-refractivity contribution in [2.45, 2.75) is 45.4 Å². The van der Waals surface area contributed by atoms with Crippen molar-refractivity contribution in [3.63, 3.8) is 0 Å². The molecule has 0 radical (unpaired) electrons. The average Bonchev–Trinajstić information content (AvgIpc) is 2.02. The molecule has 2 saturated carbocycles. The Morgan fingerprint density at radius 2 is 1.85 bits per heavy atom. The molecule has 2 atom stereocenters. The molecule has 2 unspecified atom stereocenters. The highest BCUT2D eigenvalue weighted by molar-refractivity contribution is 6.64. The van der Waals surface area contributed by atoms with Crippen LogP contribution in [0.2, 0.25) is 0 Å². The quantitative estimate of drug-likeness (QED) is 0.594. The first-order valence-corrected chi connectivity index (χ1v) is 5.68. The first-order valence-electron chi connectivity index (χ1n) is 5.30. The van der Waals surface area contributed by atoms with E-state index in [9.17, 15) is 4.79 Å². The van der Waals surface area contributed by atoms with Gasteiger partial charge in [-0.3, -0.25) is 4.79 Å². The van der Waals surface area contributed by atoms with Crippen LogP contribution < -0.4 is 0 Å². The van der Waals surface area contributed by atoms with Gasteiger partial charge in [0, 0.05) is 5.41 Å². The molecule has 2 bridgehead atoms. The van der Waals surface area contributed by atoms with E-state index in [2.05, 4.69) is 0 Å². The molecule has 0 aromatic carbocycles. The lowest BCUT2D eigenvalue weighted by Crippen LogP contribution is -2.37. The molecule has 0 aromatic heterocycles. The van der Waals surface area contributed by atoms with E-state index in [1.165, 1.54) is 25.7 Å². The summed E-state index contributed by atoms with van der Waals surface area (Å²) in [6.45, 7) is 2.05. The molecule has 0 N–H and O–H groups in total. The Morgan fingerprint density at radius 3 is 2.31 bits per heavy atom. The third-order valence-electron chi connectivity index (χ3n) is 3.84. The summed E-state index contributed by atoms with van der Waals surface area (Å²) < 4.78 is 0. The lowest BCUT2D eigenvalue weighted by atomic mass is 9.62. The van der Waals surface area contributed by atoms with Crippen molar-refractivity contribution < 1.29 is 4.79 Å². The van der Waals surface area contributed by atoms with Gasteiger partial charge in [0.2, 0.25) is 5.24 Å². The largest absolute Gasteiger partial charge is 0.281 e. The molecule has 2 fully saturated rings. The summed E-state index contributed by atoms with van der Waals surface area (Å²) in [6, 6.07) is 0. The van der Waals surface area contributed by atoms with Gasteiger partial charge in [0.1, 0.15) is 0 Å². The van der Waals surface area contributed by atoms with Crippen LogP contribution in [0.25, 0.3) is 0 Å². The molecule has 0 aromatic rings. The Bertz CT molecular complexity index is 212. The molecule has 0 spiro atoms. The van der Waals surface area contributed by atoms with E-state index in [-0.39, 0.29) is 10.7 Å². The zero-order valence-electron chi connectivity index (χ0n) is 8.18. The van der Waals surface area contributed by atoms with Crippen LogP contribution in [-0.4, -0.2) is 5.24 Å². The normalized spacial score (nSPS) is 44.5. The van der Waals surface area contributed by atoms with E-state index in [0.717, 1.165) is 24.7 Å². The third kappa shape index (κ3) is 1.76. The number of fused-ring (bicyclic) bond motifs is 2. The van der Waals surface area contributed by atoms with Gasteiger partial charge in [0.15, 0.2) is 0 Å². The minimum atomic E-state index is -0.199. The smallest absolute Gasteiger partial charge is 0.227 e. The summed E-state index contributed by atoms with van der Waals surface area (Å²) >= 11 is 5.67. The molecule has 2 aliphatic rings. The summed E-state index contributed by atoms with van der Waals surface area (Å²) in [5.74, 6) is 1.56. The van der Waals surface area contributed by atoms with Crippen LogP contribution in [0.1, 0.15) is 45.4 Å². The monoisotopic (exact) mass is 200 g/mol. The van der Waals surface area contributed by atoms with Gasteiger partial charge in [-0.25, -0.2) is 0 Å². The maximum atomic E-state index is 11.3. The van der Waals surface area contributed by atoms with Crippen LogP contribution in [0.4, 0.5) is 0 Å². The minimum Gasteiger partial charge on any atom is -0.281 e. The van der Waals surface area contributed by atoms with E-state index in [1.54, 1.807) is 0 Å².